The van der Waals surface area contributed by atoms with Gasteiger partial charge in [0.25, 0.3) is 6.71 Å². The van der Waals surface area contributed by atoms with Gasteiger partial charge in [0, 0.05) is 54.3 Å². The Kier molecular flexibility index (Phi) is 8.33. The van der Waals surface area contributed by atoms with Gasteiger partial charge in [-0.15, -0.1) is 11.3 Å². The Morgan fingerprint density at radius 1 is 0.431 bits per heavy atom. The zero-order valence-electron chi connectivity index (χ0n) is 41.6. The molecule has 0 saturated heterocycles. The van der Waals surface area contributed by atoms with E-state index >= 15 is 0 Å². The average Bonchev–Trinajstić information content (AvgIpc) is 3.69. The molecule has 0 atom stereocenters. The van der Waals surface area contributed by atoms with E-state index < -0.39 is 0 Å². The number of hydrogen-bond acceptors (Lipinski definition) is 3. The number of nitrogens with zero attached hydrogens (tertiary/aromatic N) is 2. The van der Waals surface area contributed by atoms with E-state index in [0.717, 1.165) is 6.42 Å². The first-order valence-electron chi connectivity index (χ1n) is 24.7. The van der Waals surface area contributed by atoms with Gasteiger partial charge in [0.05, 0.1) is 0 Å². The first-order chi connectivity index (χ1) is 30.5. The normalized spacial score (nSPS) is 20.8. The van der Waals surface area contributed by atoms with Gasteiger partial charge < -0.3 is 9.80 Å². The molecule has 330 valence electrons. The molecule has 12 rings (SSSR count). The van der Waals surface area contributed by atoms with Crippen molar-refractivity contribution in [2.24, 2.45) is 0 Å². The second-order valence-corrected chi connectivity index (χ2v) is 26.3. The minimum Gasteiger partial charge on any atom is -0.311 e. The van der Waals surface area contributed by atoms with Gasteiger partial charge in [-0.05, 0) is 194 Å². The molecule has 0 N–H and O–H groups in total. The van der Waals surface area contributed by atoms with Crippen molar-refractivity contribution >= 4 is 88.7 Å². The molecule has 3 aliphatic carbocycles. The molecule has 2 nitrogen and oxygen atoms in total. The maximum absolute atomic E-state index is 2.75. The van der Waals surface area contributed by atoms with E-state index in [4.69, 9.17) is 0 Å². The van der Waals surface area contributed by atoms with Gasteiger partial charge in [0.1, 0.15) is 0 Å². The fourth-order valence-electron chi connectivity index (χ4n) is 14.0. The molecular weight excluding hydrogens is 804 g/mol. The first-order valence-corrected chi connectivity index (χ1v) is 25.5. The van der Waals surface area contributed by atoms with E-state index in [1.807, 2.05) is 11.3 Å². The average molecular weight is 871 g/mol. The highest BCUT2D eigenvalue weighted by molar-refractivity contribution is 7.25. The molecule has 7 aromatic rings. The lowest BCUT2D eigenvalue weighted by molar-refractivity contribution is 0.332. The Morgan fingerprint density at radius 3 is 1.48 bits per heavy atom. The van der Waals surface area contributed by atoms with Crippen LogP contribution in [0.5, 0.6) is 0 Å². The van der Waals surface area contributed by atoms with E-state index in [1.165, 1.54) is 141 Å². The summed E-state index contributed by atoms with van der Waals surface area (Å²) < 4.78 is 2.70. The van der Waals surface area contributed by atoms with Gasteiger partial charge >= 0.3 is 0 Å². The van der Waals surface area contributed by atoms with Crippen LogP contribution in [-0.2, 0) is 32.5 Å². The van der Waals surface area contributed by atoms with Gasteiger partial charge in [0.15, 0.2) is 0 Å². The molecule has 0 unspecified atom stereocenters. The van der Waals surface area contributed by atoms with E-state index in [2.05, 4.69) is 198 Å². The zero-order valence-corrected chi connectivity index (χ0v) is 42.4. The van der Waals surface area contributed by atoms with Crippen LogP contribution < -0.4 is 26.2 Å². The molecule has 65 heavy (non-hydrogen) atoms. The highest BCUT2D eigenvalue weighted by Gasteiger charge is 2.49. The van der Waals surface area contributed by atoms with Gasteiger partial charge in [-0.3, -0.25) is 0 Å². The quantitative estimate of drug-likeness (QED) is 0.160. The molecular formula is C61H67BN2S. The molecule has 3 heterocycles. The third-order valence-electron chi connectivity index (χ3n) is 17.7. The molecule has 0 fully saturated rings. The third kappa shape index (κ3) is 5.77. The molecule has 2 aliphatic heterocycles. The summed E-state index contributed by atoms with van der Waals surface area (Å²) in [6.45, 7) is 34.7. The van der Waals surface area contributed by atoms with Gasteiger partial charge in [-0.25, -0.2) is 0 Å². The lowest BCUT2D eigenvalue weighted by Crippen LogP contribution is -2.62. The maximum Gasteiger partial charge on any atom is 0.252 e. The van der Waals surface area contributed by atoms with Crippen LogP contribution in [0.4, 0.5) is 34.1 Å². The van der Waals surface area contributed by atoms with E-state index in [0.29, 0.717) is 0 Å². The second kappa shape index (κ2) is 13.0. The van der Waals surface area contributed by atoms with Gasteiger partial charge in [-0.1, -0.05) is 119 Å². The van der Waals surface area contributed by atoms with E-state index in [9.17, 15) is 0 Å². The molecule has 0 amide bonds. The predicted molar refractivity (Wildman–Crippen MR) is 284 cm³/mol. The topological polar surface area (TPSA) is 6.48 Å². The largest absolute Gasteiger partial charge is 0.311 e. The van der Waals surface area contributed by atoms with Crippen molar-refractivity contribution in [3.63, 3.8) is 0 Å². The van der Waals surface area contributed by atoms with Crippen molar-refractivity contribution < 1.29 is 0 Å². The number of anilines is 6. The van der Waals surface area contributed by atoms with Crippen molar-refractivity contribution in [3.8, 4) is 0 Å². The van der Waals surface area contributed by atoms with Crippen LogP contribution in [0.25, 0.3) is 20.2 Å². The van der Waals surface area contributed by atoms with Crippen molar-refractivity contribution in [1.82, 2.24) is 0 Å². The Labute approximate surface area is 393 Å². The number of hydrogen-bond donors (Lipinski definition) is 0. The van der Waals surface area contributed by atoms with Crippen LogP contribution in [0.1, 0.15) is 160 Å². The number of thiophene rings is 1. The summed E-state index contributed by atoms with van der Waals surface area (Å²) in [5.41, 5.74) is 24.5. The molecule has 4 heteroatoms. The molecule has 0 bridgehead atoms. The van der Waals surface area contributed by atoms with Crippen LogP contribution in [0.15, 0.2) is 91.0 Å². The molecule has 0 spiro atoms. The Balaban J connectivity index is 1.22. The predicted octanol–water partition coefficient (Wildman–Crippen LogP) is 15.4. The van der Waals surface area contributed by atoms with Crippen LogP contribution in [0, 0.1) is 13.8 Å². The van der Waals surface area contributed by atoms with Crippen LogP contribution >= 0.6 is 11.3 Å². The molecule has 0 saturated carbocycles. The van der Waals surface area contributed by atoms with E-state index in [-0.39, 0.29) is 39.2 Å². The van der Waals surface area contributed by atoms with Crippen molar-refractivity contribution in [1.29, 1.82) is 0 Å². The van der Waals surface area contributed by atoms with Crippen LogP contribution in [0.2, 0.25) is 0 Å². The summed E-state index contributed by atoms with van der Waals surface area (Å²) in [4.78, 5) is 5.44. The minimum absolute atomic E-state index is 0.0699. The zero-order chi connectivity index (χ0) is 45.7. The highest BCUT2D eigenvalue weighted by Crippen LogP contribution is 2.56. The fraction of sp³-hybridized carbons (Fsp3) is 0.410. The molecule has 0 radical (unpaired) electrons. The summed E-state index contributed by atoms with van der Waals surface area (Å²) in [5.74, 6) is 0. The van der Waals surface area contributed by atoms with Crippen molar-refractivity contribution in [2.75, 3.05) is 9.80 Å². The Morgan fingerprint density at radius 2 is 0.892 bits per heavy atom. The van der Waals surface area contributed by atoms with E-state index in [1.54, 1.807) is 0 Å². The molecule has 5 aliphatic rings. The van der Waals surface area contributed by atoms with Crippen LogP contribution in [0.3, 0.4) is 0 Å². The second-order valence-electron chi connectivity index (χ2n) is 25.2. The fourth-order valence-corrected chi connectivity index (χ4v) is 15.1. The Bertz CT molecular complexity index is 3240. The maximum atomic E-state index is 2.75. The van der Waals surface area contributed by atoms with Crippen LogP contribution in [-0.4, -0.2) is 6.71 Å². The number of aryl methyl sites for hydroxylation is 2. The lowest BCUT2D eigenvalue weighted by Gasteiger charge is -2.49. The first kappa shape index (κ1) is 41.6. The number of benzene rings is 6. The summed E-state index contributed by atoms with van der Waals surface area (Å²) in [7, 11) is 0. The third-order valence-corrected chi connectivity index (χ3v) is 18.8. The van der Waals surface area contributed by atoms with Gasteiger partial charge in [-0.2, -0.15) is 0 Å². The summed E-state index contributed by atoms with van der Waals surface area (Å²) >= 11 is 1.91. The molecule has 1 aromatic heterocycles. The number of rotatable bonds is 2. The Hall–Kier alpha value is -4.80. The minimum atomic E-state index is 0.0699. The van der Waals surface area contributed by atoms with Gasteiger partial charge in [0.2, 0.25) is 0 Å². The summed E-state index contributed by atoms with van der Waals surface area (Å²) in [5, 5.41) is 2.69. The number of fused-ring (bicyclic) bond motifs is 10. The lowest BCUT2D eigenvalue weighted by atomic mass is 9.32. The summed E-state index contributed by atoms with van der Waals surface area (Å²) in [6.07, 6.45) is 5.91. The van der Waals surface area contributed by atoms with Crippen molar-refractivity contribution in [2.45, 2.75) is 162 Å². The summed E-state index contributed by atoms with van der Waals surface area (Å²) in [6, 6.07) is 37.3. The monoisotopic (exact) mass is 871 g/mol. The molecule has 6 aromatic carbocycles. The SMILES string of the molecule is Cc1cc2c3c(c1)N(c1cc4c(cc1C)C(C)(C)CC4(C)C)c1cc4c(cc1B3c1cc3c(cc1N2c1ccc2sc5ccccc5c2c1)C(C)(C)CCC3(C)C)C(C)(C)CCC4(C)C. The highest BCUT2D eigenvalue weighted by atomic mass is 32.1. The smallest absolute Gasteiger partial charge is 0.252 e. The van der Waals surface area contributed by atoms with Crippen molar-refractivity contribution in [3.05, 3.63) is 136 Å². The standard InChI is InChI=1S/C61H67BN2S/c1-35-25-51-55-52(26-35)64(48-31-45-40(27-36(48)2)60(11,12)34-61(45,13)14)50-33-44-42(57(5,6)22-24-59(44,9)10)30-47(50)62(55)46-29-41-43(58(7,8)23-21-56(41,3)4)32-49(46)63(51)37-19-20-54-39(28-37)38-17-15-16-18-53(38)65-54/h15-20,25-33H,21-24,34H2,1-14H3.